The number of rotatable bonds is 7. The van der Waals surface area contributed by atoms with E-state index in [4.69, 9.17) is 21.4 Å². The van der Waals surface area contributed by atoms with Gasteiger partial charge in [-0.25, -0.2) is 0 Å². The molecule has 3 nitrogen and oxygen atoms in total. The van der Waals surface area contributed by atoms with Crippen LogP contribution in [0.15, 0.2) is 6.07 Å². The summed E-state index contributed by atoms with van der Waals surface area (Å²) < 4.78 is 5.84. The highest BCUT2D eigenvalue weighted by Crippen LogP contribution is 2.38. The Balaban J connectivity index is 3.16. The Morgan fingerprint density at radius 1 is 1.35 bits per heavy atom. The molecule has 1 rings (SSSR count). The molecular weight excluding hydrogens is 276 g/mol. The Bertz CT molecular complexity index is 446. The van der Waals surface area contributed by atoms with Crippen LogP contribution in [0.1, 0.15) is 49.3 Å². The van der Waals surface area contributed by atoms with Crippen molar-refractivity contribution < 1.29 is 14.9 Å². The molecule has 0 aliphatic carbocycles. The van der Waals surface area contributed by atoms with Gasteiger partial charge in [-0.3, -0.25) is 0 Å². The summed E-state index contributed by atoms with van der Waals surface area (Å²) in [5, 5.41) is 19.4. The van der Waals surface area contributed by atoms with Crippen molar-refractivity contribution in [3.63, 3.8) is 0 Å². The molecule has 0 bridgehead atoms. The van der Waals surface area contributed by atoms with Crippen molar-refractivity contribution in [2.24, 2.45) is 0 Å². The van der Waals surface area contributed by atoms with Crippen molar-refractivity contribution in [2.75, 3.05) is 13.2 Å². The molecule has 0 aliphatic heterocycles. The average Bonchev–Trinajstić information content (AvgIpc) is 2.41. The molecule has 114 valence electrons. The van der Waals surface area contributed by atoms with Crippen LogP contribution in [0.3, 0.4) is 0 Å². The van der Waals surface area contributed by atoms with Gasteiger partial charge in [-0.15, -0.1) is 0 Å². The number of ether oxygens (including phenoxy) is 1. The normalized spacial score (nSPS) is 14.2. The first-order valence-electron chi connectivity index (χ1n) is 7.13. The minimum Gasteiger partial charge on any atom is -0.493 e. The number of aliphatic hydroxyl groups excluding tert-OH is 2. The maximum Gasteiger partial charge on any atom is 0.123 e. The molecule has 20 heavy (non-hydrogen) atoms. The Kier molecular flexibility index (Phi) is 6.80. The van der Waals surface area contributed by atoms with Crippen LogP contribution in [0.25, 0.3) is 0 Å². The third kappa shape index (κ3) is 4.11. The molecule has 0 aliphatic rings. The van der Waals surface area contributed by atoms with Gasteiger partial charge >= 0.3 is 0 Å². The van der Waals surface area contributed by atoms with E-state index >= 15 is 0 Å². The van der Waals surface area contributed by atoms with Crippen molar-refractivity contribution in [3.05, 3.63) is 27.8 Å². The quantitative estimate of drug-likeness (QED) is 0.809. The molecule has 2 unspecified atom stereocenters. The Morgan fingerprint density at radius 3 is 2.55 bits per heavy atom. The van der Waals surface area contributed by atoms with Gasteiger partial charge in [0.15, 0.2) is 0 Å². The smallest absolute Gasteiger partial charge is 0.123 e. The number of benzene rings is 1. The molecule has 4 heteroatoms. The van der Waals surface area contributed by atoms with Crippen molar-refractivity contribution in [1.29, 1.82) is 0 Å². The van der Waals surface area contributed by atoms with E-state index in [1.807, 2.05) is 26.8 Å². The zero-order valence-electron chi connectivity index (χ0n) is 12.7. The number of aliphatic hydroxyl groups is 2. The molecule has 0 saturated carbocycles. The van der Waals surface area contributed by atoms with E-state index in [9.17, 15) is 5.11 Å². The van der Waals surface area contributed by atoms with Crippen LogP contribution in [-0.2, 0) is 0 Å². The lowest BCUT2D eigenvalue weighted by atomic mass is 9.89. The summed E-state index contributed by atoms with van der Waals surface area (Å²) in [5.41, 5.74) is 3.02. The van der Waals surface area contributed by atoms with Crippen molar-refractivity contribution in [3.8, 4) is 5.75 Å². The topological polar surface area (TPSA) is 49.7 Å². The fraction of sp³-hybridized carbons (Fsp3) is 0.625. The van der Waals surface area contributed by atoms with Gasteiger partial charge in [0.1, 0.15) is 5.75 Å². The summed E-state index contributed by atoms with van der Waals surface area (Å²) >= 11 is 6.34. The zero-order chi connectivity index (χ0) is 15.3. The lowest BCUT2D eigenvalue weighted by molar-refractivity contribution is 0.0832. The maximum atomic E-state index is 9.65. The van der Waals surface area contributed by atoms with E-state index < -0.39 is 6.10 Å². The van der Waals surface area contributed by atoms with Gasteiger partial charge in [-0.1, -0.05) is 25.4 Å². The third-order valence-corrected chi connectivity index (χ3v) is 4.06. The third-order valence-electron chi connectivity index (χ3n) is 3.48. The van der Waals surface area contributed by atoms with E-state index in [2.05, 4.69) is 6.92 Å². The highest BCUT2D eigenvalue weighted by Gasteiger charge is 2.20. The van der Waals surface area contributed by atoms with Crippen LogP contribution < -0.4 is 4.74 Å². The molecule has 2 atom stereocenters. The Labute approximate surface area is 126 Å². The van der Waals surface area contributed by atoms with Crippen molar-refractivity contribution >= 4 is 11.6 Å². The van der Waals surface area contributed by atoms with E-state index in [1.165, 1.54) is 0 Å². The van der Waals surface area contributed by atoms with Gasteiger partial charge in [-0.05, 0) is 49.8 Å². The number of hydrogen-bond acceptors (Lipinski definition) is 3. The van der Waals surface area contributed by atoms with Gasteiger partial charge in [0, 0.05) is 10.6 Å². The first kappa shape index (κ1) is 17.3. The maximum absolute atomic E-state index is 9.65. The largest absolute Gasteiger partial charge is 0.493 e. The second-order valence-corrected chi connectivity index (χ2v) is 5.74. The fourth-order valence-electron chi connectivity index (χ4n) is 2.48. The molecular formula is C16H25ClO3. The van der Waals surface area contributed by atoms with Crippen molar-refractivity contribution in [2.45, 2.75) is 52.6 Å². The molecule has 0 amide bonds. The number of halogens is 1. The monoisotopic (exact) mass is 300 g/mol. The zero-order valence-corrected chi connectivity index (χ0v) is 13.5. The minimum atomic E-state index is -0.719. The molecule has 1 aromatic carbocycles. The summed E-state index contributed by atoms with van der Waals surface area (Å²) in [6.07, 6.45) is 0.705. The first-order chi connectivity index (χ1) is 9.42. The minimum absolute atomic E-state index is 0.0714. The van der Waals surface area contributed by atoms with Gasteiger partial charge in [-0.2, -0.15) is 0 Å². The van der Waals surface area contributed by atoms with E-state index in [1.54, 1.807) is 0 Å². The fourth-order valence-corrected chi connectivity index (χ4v) is 2.64. The van der Waals surface area contributed by atoms with Gasteiger partial charge in [0.25, 0.3) is 0 Å². The summed E-state index contributed by atoms with van der Waals surface area (Å²) in [6.45, 7) is 8.45. The second-order valence-electron chi connectivity index (χ2n) is 5.37. The highest BCUT2D eigenvalue weighted by molar-refractivity contribution is 6.32. The van der Waals surface area contributed by atoms with Crippen LogP contribution in [0.4, 0.5) is 0 Å². The van der Waals surface area contributed by atoms with Gasteiger partial charge < -0.3 is 14.9 Å². The highest BCUT2D eigenvalue weighted by atomic mass is 35.5. The average molecular weight is 301 g/mol. The summed E-state index contributed by atoms with van der Waals surface area (Å²) in [5.74, 6) is 0.908. The predicted molar refractivity (Wildman–Crippen MR) is 82.8 cm³/mol. The van der Waals surface area contributed by atoms with E-state index in [0.717, 1.165) is 33.9 Å². The molecule has 2 N–H and O–H groups in total. The summed E-state index contributed by atoms with van der Waals surface area (Å²) in [6, 6.07) is 1.96. The standard InChI is InChI=1S/C16H25ClO3/c1-5-6-20-14-8-11(3)16(17)12(4)15(14)10(2)7-13(19)9-18/h8,10,13,18-19H,5-7,9H2,1-4H3. The molecule has 1 aromatic rings. The van der Waals surface area contributed by atoms with Crippen LogP contribution in [0.5, 0.6) is 5.75 Å². The molecule has 0 saturated heterocycles. The molecule has 0 fully saturated rings. The molecule has 0 radical (unpaired) electrons. The van der Waals surface area contributed by atoms with Crippen LogP contribution >= 0.6 is 11.6 Å². The number of aryl methyl sites for hydroxylation is 1. The van der Waals surface area contributed by atoms with Crippen LogP contribution in [0, 0.1) is 13.8 Å². The van der Waals surface area contributed by atoms with E-state index in [0.29, 0.717) is 13.0 Å². The van der Waals surface area contributed by atoms with Gasteiger partial charge in [0.2, 0.25) is 0 Å². The second kappa shape index (κ2) is 7.87. The van der Waals surface area contributed by atoms with Crippen LogP contribution in [-0.4, -0.2) is 29.5 Å². The predicted octanol–water partition coefficient (Wildman–Crippen LogP) is 3.59. The lowest BCUT2D eigenvalue weighted by Gasteiger charge is -2.23. The van der Waals surface area contributed by atoms with E-state index in [-0.39, 0.29) is 12.5 Å². The Morgan fingerprint density at radius 2 is 2.00 bits per heavy atom. The lowest BCUT2D eigenvalue weighted by Crippen LogP contribution is -2.16. The van der Waals surface area contributed by atoms with Crippen LogP contribution in [0.2, 0.25) is 5.02 Å². The first-order valence-corrected chi connectivity index (χ1v) is 7.51. The molecule has 0 spiro atoms. The number of hydrogen-bond donors (Lipinski definition) is 2. The van der Waals surface area contributed by atoms with Crippen molar-refractivity contribution in [1.82, 2.24) is 0 Å². The molecule has 0 aromatic heterocycles. The van der Waals surface area contributed by atoms with Gasteiger partial charge in [0.05, 0.1) is 19.3 Å². The summed E-state index contributed by atoms with van der Waals surface area (Å²) in [4.78, 5) is 0. The Hall–Kier alpha value is -0.770. The SMILES string of the molecule is CCCOc1cc(C)c(Cl)c(C)c1C(C)CC(O)CO. The molecule has 0 heterocycles. The summed E-state index contributed by atoms with van der Waals surface area (Å²) in [7, 11) is 0.